The molecule has 2 rings (SSSR count). The number of hydrogen-bond donors (Lipinski definition) is 2. The number of carboxylic acid groups (broad SMARTS) is 1. The molecular formula is C14H17FN2O4. The summed E-state index contributed by atoms with van der Waals surface area (Å²) in [6.07, 6.45) is 4.01. The molecule has 1 aromatic carbocycles. The molecule has 0 bridgehead atoms. The highest BCUT2D eigenvalue weighted by atomic mass is 19.1. The van der Waals surface area contributed by atoms with E-state index in [1.54, 1.807) is 0 Å². The van der Waals surface area contributed by atoms with Gasteiger partial charge in [0.05, 0.1) is 16.7 Å². The third-order valence-electron chi connectivity index (χ3n) is 3.68. The molecular weight excluding hydrogens is 279 g/mol. The van der Waals surface area contributed by atoms with Crippen LogP contribution >= 0.6 is 0 Å². The zero-order chi connectivity index (χ0) is 15.6. The third kappa shape index (κ3) is 3.68. The second kappa shape index (κ2) is 6.07. The Labute approximate surface area is 121 Å². The molecule has 0 amide bonds. The lowest BCUT2D eigenvalue weighted by atomic mass is 10.1. The summed E-state index contributed by atoms with van der Waals surface area (Å²) in [4.78, 5) is 21.0. The van der Waals surface area contributed by atoms with Gasteiger partial charge in [-0.05, 0) is 24.8 Å². The van der Waals surface area contributed by atoms with Crippen molar-refractivity contribution in [3.63, 3.8) is 0 Å². The number of hydrogen-bond acceptors (Lipinski definition) is 4. The number of aromatic carboxylic acids is 1. The van der Waals surface area contributed by atoms with Crippen molar-refractivity contribution in [2.75, 3.05) is 5.32 Å². The smallest absolute Gasteiger partial charge is 0.342 e. The monoisotopic (exact) mass is 296 g/mol. The number of carboxylic acids is 1. The average Bonchev–Trinajstić information content (AvgIpc) is 3.23. The summed E-state index contributed by atoms with van der Waals surface area (Å²) in [5, 5.41) is 22.8. The topological polar surface area (TPSA) is 92.5 Å². The standard InChI is InChI=1S/C14H17FN2O4/c1-2-9(5-8-3-4-8)16-12-6-10(14(18)19)13(17(20)21)7-11(12)15/h6-9,16H,2-5H2,1H3,(H,18,19). The first kappa shape index (κ1) is 15.2. The molecule has 6 nitrogen and oxygen atoms in total. The molecule has 1 aliphatic rings. The lowest BCUT2D eigenvalue weighted by molar-refractivity contribution is -0.385. The Bertz CT molecular complexity index is 572. The van der Waals surface area contributed by atoms with Crippen molar-refractivity contribution in [3.05, 3.63) is 33.6 Å². The lowest BCUT2D eigenvalue weighted by Crippen LogP contribution is -2.20. The van der Waals surface area contributed by atoms with Gasteiger partial charge in [-0.15, -0.1) is 0 Å². The Balaban J connectivity index is 2.27. The zero-order valence-electron chi connectivity index (χ0n) is 11.6. The Kier molecular flexibility index (Phi) is 4.40. The number of carbonyl (C=O) groups is 1. The molecule has 7 heteroatoms. The molecule has 1 aliphatic carbocycles. The fourth-order valence-corrected chi connectivity index (χ4v) is 2.30. The van der Waals surface area contributed by atoms with Gasteiger partial charge in [0.2, 0.25) is 0 Å². The molecule has 114 valence electrons. The van der Waals surface area contributed by atoms with E-state index in [1.807, 2.05) is 6.92 Å². The number of nitrogens with zero attached hydrogens (tertiary/aromatic N) is 1. The van der Waals surface area contributed by atoms with Crippen molar-refractivity contribution in [1.29, 1.82) is 0 Å². The van der Waals surface area contributed by atoms with Crippen LogP contribution in [0.3, 0.4) is 0 Å². The average molecular weight is 296 g/mol. The van der Waals surface area contributed by atoms with E-state index in [0.717, 1.165) is 18.9 Å². The maximum absolute atomic E-state index is 13.9. The molecule has 0 heterocycles. The van der Waals surface area contributed by atoms with Gasteiger partial charge in [0.1, 0.15) is 5.56 Å². The molecule has 0 aliphatic heterocycles. The Morgan fingerprint density at radius 3 is 2.71 bits per heavy atom. The van der Waals surface area contributed by atoms with E-state index in [4.69, 9.17) is 5.11 Å². The predicted molar refractivity (Wildman–Crippen MR) is 75.1 cm³/mol. The largest absolute Gasteiger partial charge is 0.477 e. The molecule has 1 atom stereocenters. The van der Waals surface area contributed by atoms with Gasteiger partial charge in [-0.3, -0.25) is 10.1 Å². The summed E-state index contributed by atoms with van der Waals surface area (Å²) in [6.45, 7) is 1.96. The van der Waals surface area contributed by atoms with E-state index in [9.17, 15) is 19.3 Å². The summed E-state index contributed by atoms with van der Waals surface area (Å²) in [6, 6.07) is 1.70. The van der Waals surface area contributed by atoms with Crippen LogP contribution in [0.2, 0.25) is 0 Å². The van der Waals surface area contributed by atoms with Crippen molar-refractivity contribution >= 4 is 17.3 Å². The number of rotatable bonds is 7. The Hall–Kier alpha value is -2.18. The fourth-order valence-electron chi connectivity index (χ4n) is 2.30. The third-order valence-corrected chi connectivity index (χ3v) is 3.68. The van der Waals surface area contributed by atoms with Crippen LogP contribution in [0.1, 0.15) is 43.0 Å². The van der Waals surface area contributed by atoms with Crippen LogP contribution in [-0.2, 0) is 0 Å². The van der Waals surface area contributed by atoms with Crippen LogP contribution in [0, 0.1) is 21.8 Å². The first-order chi connectivity index (χ1) is 9.92. The number of anilines is 1. The van der Waals surface area contributed by atoms with Gasteiger partial charge in [-0.25, -0.2) is 9.18 Å². The number of nitro benzene ring substituents is 1. The Morgan fingerprint density at radius 1 is 1.57 bits per heavy atom. The molecule has 1 fully saturated rings. The van der Waals surface area contributed by atoms with Crippen molar-refractivity contribution < 1.29 is 19.2 Å². The SMILES string of the molecule is CCC(CC1CC1)Nc1cc(C(=O)O)c([N+](=O)[O-])cc1F. The van der Waals surface area contributed by atoms with Crippen molar-refractivity contribution in [1.82, 2.24) is 0 Å². The van der Waals surface area contributed by atoms with Gasteiger partial charge in [0, 0.05) is 6.04 Å². The van der Waals surface area contributed by atoms with Gasteiger partial charge in [-0.1, -0.05) is 19.8 Å². The van der Waals surface area contributed by atoms with Crippen molar-refractivity contribution in [2.24, 2.45) is 5.92 Å². The Morgan fingerprint density at radius 2 is 2.24 bits per heavy atom. The van der Waals surface area contributed by atoms with Gasteiger partial charge < -0.3 is 10.4 Å². The summed E-state index contributed by atoms with van der Waals surface area (Å²) in [5.74, 6) is -1.61. The van der Waals surface area contributed by atoms with E-state index < -0.39 is 28.0 Å². The number of halogens is 1. The zero-order valence-corrected chi connectivity index (χ0v) is 11.6. The lowest BCUT2D eigenvalue weighted by Gasteiger charge is -2.18. The van der Waals surface area contributed by atoms with Crippen LogP contribution < -0.4 is 5.32 Å². The molecule has 0 saturated heterocycles. The molecule has 1 unspecified atom stereocenters. The summed E-state index contributed by atoms with van der Waals surface area (Å²) in [7, 11) is 0. The summed E-state index contributed by atoms with van der Waals surface area (Å²) >= 11 is 0. The molecule has 21 heavy (non-hydrogen) atoms. The minimum absolute atomic E-state index is 0.00509. The van der Waals surface area contributed by atoms with E-state index in [-0.39, 0.29) is 11.7 Å². The van der Waals surface area contributed by atoms with Crippen molar-refractivity contribution in [3.8, 4) is 0 Å². The van der Waals surface area contributed by atoms with Crippen LogP contribution in [0.25, 0.3) is 0 Å². The fraction of sp³-hybridized carbons (Fsp3) is 0.500. The molecule has 1 aromatic rings. The second-order valence-electron chi connectivity index (χ2n) is 5.34. The highest BCUT2D eigenvalue weighted by molar-refractivity contribution is 5.93. The molecule has 0 aromatic heterocycles. The normalized spacial score (nSPS) is 15.5. The summed E-state index contributed by atoms with van der Waals surface area (Å²) < 4.78 is 13.9. The van der Waals surface area contributed by atoms with Crippen LogP contribution in [0.15, 0.2) is 12.1 Å². The van der Waals surface area contributed by atoms with E-state index in [2.05, 4.69) is 5.32 Å². The number of nitro groups is 1. The van der Waals surface area contributed by atoms with Crippen LogP contribution in [-0.4, -0.2) is 22.0 Å². The minimum atomic E-state index is -1.44. The number of nitrogens with one attached hydrogen (secondary N) is 1. The van der Waals surface area contributed by atoms with Gasteiger partial charge in [0.15, 0.2) is 5.82 Å². The number of benzene rings is 1. The van der Waals surface area contributed by atoms with Gasteiger partial charge in [0.25, 0.3) is 5.69 Å². The predicted octanol–water partition coefficient (Wildman–Crippen LogP) is 3.42. The van der Waals surface area contributed by atoms with Crippen LogP contribution in [0.5, 0.6) is 0 Å². The van der Waals surface area contributed by atoms with Crippen LogP contribution in [0.4, 0.5) is 15.8 Å². The van der Waals surface area contributed by atoms with Gasteiger partial charge >= 0.3 is 5.97 Å². The molecule has 0 radical (unpaired) electrons. The second-order valence-corrected chi connectivity index (χ2v) is 5.34. The highest BCUT2D eigenvalue weighted by Crippen LogP contribution is 2.35. The first-order valence-electron chi connectivity index (χ1n) is 6.90. The van der Waals surface area contributed by atoms with Crippen molar-refractivity contribution in [2.45, 2.75) is 38.6 Å². The molecule has 2 N–H and O–H groups in total. The quantitative estimate of drug-likeness (QED) is 0.594. The van der Waals surface area contributed by atoms with Gasteiger partial charge in [-0.2, -0.15) is 0 Å². The molecule has 1 saturated carbocycles. The van der Waals surface area contributed by atoms with E-state index in [0.29, 0.717) is 12.0 Å². The highest BCUT2D eigenvalue weighted by Gasteiger charge is 2.27. The first-order valence-corrected chi connectivity index (χ1v) is 6.90. The van der Waals surface area contributed by atoms with E-state index in [1.165, 1.54) is 12.8 Å². The summed E-state index contributed by atoms with van der Waals surface area (Å²) in [5.41, 5.74) is -1.24. The minimum Gasteiger partial charge on any atom is -0.477 e. The maximum Gasteiger partial charge on any atom is 0.342 e. The maximum atomic E-state index is 13.9. The van der Waals surface area contributed by atoms with E-state index >= 15 is 0 Å². The molecule has 0 spiro atoms.